The van der Waals surface area contributed by atoms with Crippen LogP contribution in [0.5, 0.6) is 0 Å². The minimum Gasteiger partial charge on any atom is -0.326 e. The first kappa shape index (κ1) is 17.5. The van der Waals surface area contributed by atoms with E-state index < -0.39 is 0 Å². The van der Waals surface area contributed by atoms with Gasteiger partial charge >= 0.3 is 0 Å². The first-order valence-electron chi connectivity index (χ1n) is 8.75. The molecule has 1 N–H and O–H groups in total. The van der Waals surface area contributed by atoms with Crippen LogP contribution in [-0.4, -0.2) is 22.7 Å². The molecule has 0 aromatic heterocycles. The number of amides is 2. The Hall–Kier alpha value is -1.92. The number of thioether (sulfide) groups is 1. The molecule has 5 nitrogen and oxygen atoms in total. The molecule has 134 valence electrons. The minimum absolute atomic E-state index is 0.125. The van der Waals surface area contributed by atoms with Crippen molar-refractivity contribution < 1.29 is 9.59 Å². The Bertz CT molecular complexity index is 875. The van der Waals surface area contributed by atoms with Crippen molar-refractivity contribution in [1.82, 2.24) is 0 Å². The van der Waals surface area contributed by atoms with E-state index in [-0.39, 0.29) is 24.2 Å². The lowest BCUT2D eigenvalue weighted by atomic mass is 9.89. The van der Waals surface area contributed by atoms with E-state index in [1.165, 1.54) is 16.9 Å². The van der Waals surface area contributed by atoms with Crippen molar-refractivity contribution in [2.45, 2.75) is 38.5 Å². The highest BCUT2D eigenvalue weighted by atomic mass is 35.5. The van der Waals surface area contributed by atoms with E-state index >= 15 is 0 Å². The number of aliphatic imine (C=N–C) groups is 2. The van der Waals surface area contributed by atoms with Gasteiger partial charge < -0.3 is 5.32 Å². The van der Waals surface area contributed by atoms with Crippen molar-refractivity contribution >= 4 is 51.7 Å². The molecule has 0 saturated carbocycles. The van der Waals surface area contributed by atoms with Crippen LogP contribution in [0.2, 0.25) is 5.02 Å². The van der Waals surface area contributed by atoms with Crippen LogP contribution in [0.15, 0.2) is 44.7 Å². The van der Waals surface area contributed by atoms with Crippen LogP contribution in [0.25, 0.3) is 0 Å². The van der Waals surface area contributed by atoms with Crippen LogP contribution in [0.1, 0.15) is 38.5 Å². The lowest BCUT2D eigenvalue weighted by Gasteiger charge is -2.18. The second kappa shape index (κ2) is 7.37. The maximum absolute atomic E-state index is 12.5. The predicted octanol–water partition coefficient (Wildman–Crippen LogP) is 4.59. The van der Waals surface area contributed by atoms with Gasteiger partial charge in [0.1, 0.15) is 11.8 Å². The molecular weight excluding hydrogens is 370 g/mol. The van der Waals surface area contributed by atoms with Gasteiger partial charge in [-0.2, -0.15) is 4.99 Å². The number of rotatable bonds is 4. The van der Waals surface area contributed by atoms with Crippen molar-refractivity contribution in [3.63, 3.8) is 0 Å². The smallest absolute Gasteiger partial charge is 0.261 e. The quantitative estimate of drug-likeness (QED) is 0.821. The van der Waals surface area contributed by atoms with E-state index in [2.05, 4.69) is 15.3 Å². The van der Waals surface area contributed by atoms with Gasteiger partial charge in [-0.1, -0.05) is 29.4 Å². The van der Waals surface area contributed by atoms with Gasteiger partial charge in [-0.15, -0.1) is 0 Å². The summed E-state index contributed by atoms with van der Waals surface area (Å²) in [5.74, 6) is -0.0740. The van der Waals surface area contributed by atoms with Gasteiger partial charge in [-0.25, -0.2) is 4.99 Å². The highest BCUT2D eigenvalue weighted by Gasteiger charge is 2.40. The number of fused-ring (bicyclic) bond motifs is 2. The van der Waals surface area contributed by atoms with E-state index in [0.29, 0.717) is 23.0 Å². The maximum atomic E-state index is 12.5. The third-order valence-electron chi connectivity index (χ3n) is 4.69. The van der Waals surface area contributed by atoms with Crippen molar-refractivity contribution in [3.8, 4) is 0 Å². The monoisotopic (exact) mass is 387 g/mol. The van der Waals surface area contributed by atoms with E-state index in [1.54, 1.807) is 36.0 Å². The third-order valence-corrected chi connectivity index (χ3v) is 6.17. The molecule has 0 bridgehead atoms. The summed E-state index contributed by atoms with van der Waals surface area (Å²) in [4.78, 5) is 34.6. The van der Waals surface area contributed by atoms with Gasteiger partial charge in [0, 0.05) is 23.6 Å². The molecule has 7 heteroatoms. The highest BCUT2D eigenvalue weighted by Crippen LogP contribution is 2.47. The number of benzene rings is 1. The number of nitrogens with zero attached hydrogens (tertiary/aromatic N) is 2. The second-order valence-corrected chi connectivity index (χ2v) is 8.12. The zero-order chi connectivity index (χ0) is 18.1. The standard InChI is InChI=1S/C19H18ClN3O2S/c20-11-4-3-5-12(10-11)21-16(24)9-8-15-22-18(25)17-13-6-1-2-7-14(13)26-19(17)23-15/h3-5,10,17H,1-2,6-9H2,(H,21,24). The summed E-state index contributed by atoms with van der Waals surface area (Å²) in [5, 5.41) is 4.21. The number of halogens is 1. The van der Waals surface area contributed by atoms with Crippen LogP contribution in [-0.2, 0) is 9.59 Å². The lowest BCUT2D eigenvalue weighted by Crippen LogP contribution is -2.26. The molecule has 2 amide bonds. The molecular formula is C19H18ClN3O2S. The van der Waals surface area contributed by atoms with Gasteiger partial charge in [-0.05, 0) is 54.4 Å². The first-order chi connectivity index (χ1) is 12.6. The fraction of sp³-hybridized carbons (Fsp3) is 0.368. The van der Waals surface area contributed by atoms with E-state index in [4.69, 9.17) is 11.6 Å². The molecule has 1 aliphatic carbocycles. The van der Waals surface area contributed by atoms with Crippen LogP contribution >= 0.6 is 23.4 Å². The van der Waals surface area contributed by atoms with Crippen molar-refractivity contribution in [2.75, 3.05) is 5.32 Å². The Kier molecular flexibility index (Phi) is 4.96. The Labute approximate surface area is 161 Å². The van der Waals surface area contributed by atoms with E-state index in [0.717, 1.165) is 24.3 Å². The number of hydrogen-bond acceptors (Lipinski definition) is 4. The molecule has 4 rings (SSSR count). The van der Waals surface area contributed by atoms with Gasteiger partial charge in [0.15, 0.2) is 0 Å². The number of nitrogens with one attached hydrogen (secondary N) is 1. The SMILES string of the molecule is O=C(CCC1=NC(=O)C2C(=N1)SC1=C2CCCC1)Nc1cccc(Cl)c1. The molecule has 0 fully saturated rings. The average Bonchev–Trinajstić information content (AvgIpc) is 2.99. The molecule has 3 aliphatic rings. The van der Waals surface area contributed by atoms with Crippen LogP contribution in [0.3, 0.4) is 0 Å². The molecule has 0 radical (unpaired) electrons. The minimum atomic E-state index is -0.251. The average molecular weight is 388 g/mol. The fourth-order valence-electron chi connectivity index (χ4n) is 3.47. The maximum Gasteiger partial charge on any atom is 0.261 e. The second-order valence-electron chi connectivity index (χ2n) is 6.57. The molecule has 26 heavy (non-hydrogen) atoms. The number of carbonyl (C=O) groups excluding carboxylic acids is 2. The molecule has 0 spiro atoms. The zero-order valence-electron chi connectivity index (χ0n) is 14.1. The van der Waals surface area contributed by atoms with E-state index in [1.807, 2.05) is 0 Å². The number of carbonyl (C=O) groups is 2. The Balaban J connectivity index is 1.38. The van der Waals surface area contributed by atoms with Crippen LogP contribution in [0.4, 0.5) is 5.69 Å². The summed E-state index contributed by atoms with van der Waals surface area (Å²) >= 11 is 7.55. The molecule has 1 aromatic rings. The topological polar surface area (TPSA) is 70.9 Å². The number of hydrogen-bond donors (Lipinski definition) is 1. The van der Waals surface area contributed by atoms with Crippen LogP contribution in [0, 0.1) is 5.92 Å². The molecule has 1 aromatic carbocycles. The third kappa shape index (κ3) is 3.62. The summed E-state index contributed by atoms with van der Waals surface area (Å²) in [6.07, 6.45) is 4.90. The van der Waals surface area contributed by atoms with Crippen molar-refractivity contribution in [1.29, 1.82) is 0 Å². The Morgan fingerprint density at radius 3 is 2.96 bits per heavy atom. The van der Waals surface area contributed by atoms with Gasteiger partial charge in [0.2, 0.25) is 5.91 Å². The number of allylic oxidation sites excluding steroid dienone is 1. The van der Waals surface area contributed by atoms with Gasteiger partial charge in [-0.3, -0.25) is 9.59 Å². The Morgan fingerprint density at radius 1 is 1.27 bits per heavy atom. The number of anilines is 1. The normalized spacial score (nSPS) is 21.7. The van der Waals surface area contributed by atoms with Crippen LogP contribution < -0.4 is 5.32 Å². The highest BCUT2D eigenvalue weighted by molar-refractivity contribution is 8.17. The van der Waals surface area contributed by atoms with E-state index in [9.17, 15) is 9.59 Å². The van der Waals surface area contributed by atoms with Crippen molar-refractivity contribution in [2.24, 2.45) is 15.9 Å². The van der Waals surface area contributed by atoms with Gasteiger partial charge in [0.25, 0.3) is 5.91 Å². The first-order valence-corrected chi connectivity index (χ1v) is 9.95. The summed E-state index contributed by atoms with van der Waals surface area (Å²) < 4.78 is 0. The summed E-state index contributed by atoms with van der Waals surface area (Å²) in [6.45, 7) is 0. The zero-order valence-corrected chi connectivity index (χ0v) is 15.7. The fourth-order valence-corrected chi connectivity index (χ4v) is 5.02. The van der Waals surface area contributed by atoms with Gasteiger partial charge in [0.05, 0.1) is 5.04 Å². The summed E-state index contributed by atoms with van der Waals surface area (Å²) in [5.41, 5.74) is 1.88. The van der Waals surface area contributed by atoms with Crippen molar-refractivity contribution in [3.05, 3.63) is 39.8 Å². The largest absolute Gasteiger partial charge is 0.326 e. The number of amidine groups is 1. The predicted molar refractivity (Wildman–Crippen MR) is 106 cm³/mol. The summed E-state index contributed by atoms with van der Waals surface area (Å²) in [7, 11) is 0. The Morgan fingerprint density at radius 2 is 2.12 bits per heavy atom. The summed E-state index contributed by atoms with van der Waals surface area (Å²) in [6, 6.07) is 7.00. The molecule has 2 aliphatic heterocycles. The molecule has 2 heterocycles. The molecule has 1 unspecified atom stereocenters. The lowest BCUT2D eigenvalue weighted by molar-refractivity contribution is -0.119. The molecule has 0 saturated heterocycles. The molecule has 1 atom stereocenters.